The maximum absolute atomic E-state index is 13.3. The number of rotatable bonds is 6. The molecular formula is C24H27F3N6. The normalized spacial score (nSPS) is 14.5. The number of halogens is 3. The maximum Gasteiger partial charge on any atom is 0.406 e. The fourth-order valence-electron chi connectivity index (χ4n) is 3.77. The fraction of sp³-hybridized carbons (Fsp3) is 0.333. The molecule has 9 heteroatoms. The average Bonchev–Trinajstić information content (AvgIpc) is 3.44. The SMILES string of the molecule is C=C(NCC1=NC(c2cc3c(N)cccc3n2CC(F)(F)F)=NC1)c1ccn(C(C)(C)C)c1. The van der Waals surface area contributed by atoms with Crippen LogP contribution in [-0.2, 0) is 12.1 Å². The fourth-order valence-corrected chi connectivity index (χ4v) is 3.77. The molecule has 0 bridgehead atoms. The van der Waals surface area contributed by atoms with Crippen molar-refractivity contribution in [3.63, 3.8) is 0 Å². The Labute approximate surface area is 190 Å². The molecule has 174 valence electrons. The molecule has 4 rings (SSSR count). The van der Waals surface area contributed by atoms with E-state index in [4.69, 9.17) is 5.73 Å². The Bertz CT molecular complexity index is 1270. The molecule has 0 spiro atoms. The minimum absolute atomic E-state index is 0.0327. The largest absolute Gasteiger partial charge is 0.406 e. The van der Waals surface area contributed by atoms with E-state index in [0.717, 1.165) is 17.0 Å². The van der Waals surface area contributed by atoms with Crippen molar-refractivity contribution in [3.05, 3.63) is 60.6 Å². The van der Waals surface area contributed by atoms with E-state index in [1.165, 1.54) is 4.57 Å². The number of nitrogens with zero attached hydrogens (tertiary/aromatic N) is 4. The van der Waals surface area contributed by atoms with Crippen LogP contribution < -0.4 is 11.1 Å². The Balaban J connectivity index is 1.53. The molecule has 1 aliphatic rings. The Morgan fingerprint density at radius 3 is 2.64 bits per heavy atom. The summed E-state index contributed by atoms with van der Waals surface area (Å²) in [7, 11) is 0. The second-order valence-electron chi connectivity index (χ2n) is 9.14. The molecule has 3 aromatic rings. The second-order valence-corrected chi connectivity index (χ2v) is 9.14. The number of hydrogen-bond acceptors (Lipinski definition) is 4. The lowest BCUT2D eigenvalue weighted by Crippen LogP contribution is -2.23. The van der Waals surface area contributed by atoms with Gasteiger partial charge >= 0.3 is 6.18 Å². The summed E-state index contributed by atoms with van der Waals surface area (Å²) in [5.74, 6) is 0.274. The van der Waals surface area contributed by atoms with E-state index in [1.807, 2.05) is 18.5 Å². The topological polar surface area (TPSA) is 72.6 Å². The molecule has 1 aromatic carbocycles. The number of aromatic nitrogens is 2. The standard InChI is InChI=1S/C24H27F3N6/c1-15(16-8-9-32(13-16)23(2,3)4)29-11-17-12-30-22(31-17)21-10-18-19(28)6-5-7-20(18)33(21)14-24(25,26)27/h5-10,13,29H,1,11-12,14,28H2,2-4H3. The first kappa shape index (κ1) is 22.7. The van der Waals surface area contributed by atoms with Gasteiger partial charge in [-0.2, -0.15) is 13.2 Å². The second kappa shape index (κ2) is 8.13. The van der Waals surface area contributed by atoms with Crippen molar-refractivity contribution in [2.45, 2.75) is 39.0 Å². The number of alkyl halides is 3. The first-order valence-corrected chi connectivity index (χ1v) is 10.6. The summed E-state index contributed by atoms with van der Waals surface area (Å²) in [4.78, 5) is 8.91. The average molecular weight is 457 g/mol. The van der Waals surface area contributed by atoms with Gasteiger partial charge < -0.3 is 20.2 Å². The van der Waals surface area contributed by atoms with Gasteiger partial charge in [-0.25, -0.2) is 4.99 Å². The molecule has 0 aliphatic carbocycles. The molecule has 0 saturated carbocycles. The van der Waals surface area contributed by atoms with Gasteiger partial charge in [0.2, 0.25) is 0 Å². The number of amidine groups is 1. The summed E-state index contributed by atoms with van der Waals surface area (Å²) in [6.07, 6.45) is -0.366. The van der Waals surface area contributed by atoms with Gasteiger partial charge in [-0.15, -0.1) is 0 Å². The van der Waals surface area contributed by atoms with Gasteiger partial charge in [0, 0.05) is 40.3 Å². The third-order valence-corrected chi connectivity index (χ3v) is 5.54. The van der Waals surface area contributed by atoms with Gasteiger partial charge in [0.25, 0.3) is 0 Å². The highest BCUT2D eigenvalue weighted by Gasteiger charge is 2.31. The molecule has 0 saturated heterocycles. The van der Waals surface area contributed by atoms with Crippen molar-refractivity contribution < 1.29 is 13.2 Å². The zero-order valence-corrected chi connectivity index (χ0v) is 18.9. The van der Waals surface area contributed by atoms with Crippen LogP contribution in [-0.4, -0.2) is 39.9 Å². The van der Waals surface area contributed by atoms with E-state index >= 15 is 0 Å². The molecule has 0 amide bonds. The maximum atomic E-state index is 13.3. The highest BCUT2D eigenvalue weighted by atomic mass is 19.4. The zero-order chi connectivity index (χ0) is 24.0. The van der Waals surface area contributed by atoms with Crippen LogP contribution in [0.15, 0.2) is 59.3 Å². The number of hydrogen-bond donors (Lipinski definition) is 2. The lowest BCUT2D eigenvalue weighted by atomic mass is 10.1. The molecule has 6 nitrogen and oxygen atoms in total. The van der Waals surface area contributed by atoms with Gasteiger partial charge in [-0.05, 0) is 45.0 Å². The molecule has 3 heterocycles. The summed E-state index contributed by atoms with van der Waals surface area (Å²) in [6.45, 7) is 10.0. The first-order valence-electron chi connectivity index (χ1n) is 10.6. The molecule has 1 aliphatic heterocycles. The quantitative estimate of drug-likeness (QED) is 0.523. The third-order valence-electron chi connectivity index (χ3n) is 5.54. The van der Waals surface area contributed by atoms with Crippen LogP contribution >= 0.6 is 0 Å². The number of nitrogens with one attached hydrogen (secondary N) is 1. The summed E-state index contributed by atoms with van der Waals surface area (Å²) >= 11 is 0. The monoisotopic (exact) mass is 456 g/mol. The predicted molar refractivity (Wildman–Crippen MR) is 128 cm³/mol. The van der Waals surface area contributed by atoms with Gasteiger partial charge in [0.1, 0.15) is 6.54 Å². The van der Waals surface area contributed by atoms with Crippen LogP contribution in [0.1, 0.15) is 32.0 Å². The van der Waals surface area contributed by atoms with Gasteiger partial charge in [0.15, 0.2) is 5.84 Å². The van der Waals surface area contributed by atoms with Crippen LogP contribution in [0.5, 0.6) is 0 Å². The van der Waals surface area contributed by atoms with Gasteiger partial charge in [-0.1, -0.05) is 12.6 Å². The van der Waals surface area contributed by atoms with Crippen LogP contribution in [0.25, 0.3) is 16.6 Å². The summed E-state index contributed by atoms with van der Waals surface area (Å²) in [5, 5.41) is 3.80. The van der Waals surface area contributed by atoms with Crippen molar-refractivity contribution in [2.75, 3.05) is 18.8 Å². The number of nitrogens with two attached hydrogens (primary N) is 1. The van der Waals surface area contributed by atoms with Crippen LogP contribution in [0.4, 0.5) is 18.9 Å². The van der Waals surface area contributed by atoms with E-state index in [2.05, 4.69) is 47.2 Å². The number of benzene rings is 1. The van der Waals surface area contributed by atoms with Crippen LogP contribution in [0.2, 0.25) is 0 Å². The molecule has 0 fully saturated rings. The van der Waals surface area contributed by atoms with Crippen LogP contribution in [0.3, 0.4) is 0 Å². The van der Waals surface area contributed by atoms with Gasteiger partial charge in [0.05, 0.1) is 30.0 Å². The summed E-state index contributed by atoms with van der Waals surface area (Å²) in [5.41, 5.74) is 9.52. The molecule has 0 unspecified atom stereocenters. The molecule has 0 radical (unpaired) electrons. The minimum Gasteiger partial charge on any atom is -0.398 e. The van der Waals surface area contributed by atoms with E-state index in [1.54, 1.807) is 24.3 Å². The number of nitrogen functional groups attached to an aromatic ring is 1. The van der Waals surface area contributed by atoms with Gasteiger partial charge in [-0.3, -0.25) is 4.99 Å². The van der Waals surface area contributed by atoms with E-state index in [9.17, 15) is 13.2 Å². The number of aliphatic imine (C=N–C) groups is 2. The Morgan fingerprint density at radius 2 is 1.97 bits per heavy atom. The molecule has 2 aromatic heterocycles. The highest BCUT2D eigenvalue weighted by molar-refractivity contribution is 6.14. The summed E-state index contributed by atoms with van der Waals surface area (Å²) in [6, 6.07) is 8.54. The van der Waals surface area contributed by atoms with Crippen molar-refractivity contribution in [3.8, 4) is 0 Å². The van der Waals surface area contributed by atoms with E-state index < -0.39 is 12.7 Å². The van der Waals surface area contributed by atoms with Crippen molar-refractivity contribution in [1.29, 1.82) is 0 Å². The third kappa shape index (κ3) is 4.81. The molecular weight excluding hydrogens is 429 g/mol. The number of anilines is 1. The van der Waals surface area contributed by atoms with Crippen molar-refractivity contribution >= 4 is 33.8 Å². The Kier molecular flexibility index (Phi) is 5.59. The lowest BCUT2D eigenvalue weighted by molar-refractivity contribution is -0.139. The highest BCUT2D eigenvalue weighted by Crippen LogP contribution is 2.30. The Hall–Kier alpha value is -3.49. The van der Waals surface area contributed by atoms with Crippen molar-refractivity contribution in [2.24, 2.45) is 9.98 Å². The van der Waals surface area contributed by atoms with E-state index in [0.29, 0.717) is 35.4 Å². The molecule has 3 N–H and O–H groups in total. The smallest absolute Gasteiger partial charge is 0.398 e. The van der Waals surface area contributed by atoms with Crippen molar-refractivity contribution in [1.82, 2.24) is 14.5 Å². The molecule has 33 heavy (non-hydrogen) atoms. The minimum atomic E-state index is -4.39. The predicted octanol–water partition coefficient (Wildman–Crippen LogP) is 4.80. The zero-order valence-electron chi connectivity index (χ0n) is 18.9. The van der Waals surface area contributed by atoms with Crippen LogP contribution in [0, 0.1) is 0 Å². The first-order chi connectivity index (χ1) is 15.4. The molecule has 0 atom stereocenters. The lowest BCUT2D eigenvalue weighted by Gasteiger charge is -2.21. The number of fused-ring (bicyclic) bond motifs is 1. The Morgan fingerprint density at radius 1 is 1.21 bits per heavy atom. The summed E-state index contributed by atoms with van der Waals surface area (Å²) < 4.78 is 43.1. The van der Waals surface area contributed by atoms with E-state index in [-0.39, 0.29) is 11.4 Å².